The van der Waals surface area contributed by atoms with Crippen LogP contribution in [0.3, 0.4) is 0 Å². The van der Waals surface area contributed by atoms with E-state index in [1.807, 2.05) is 10.6 Å². The van der Waals surface area contributed by atoms with Gasteiger partial charge >= 0.3 is 0 Å². The van der Waals surface area contributed by atoms with Crippen LogP contribution < -0.4 is 10.6 Å². The van der Waals surface area contributed by atoms with Gasteiger partial charge in [0.1, 0.15) is 0 Å². The molecule has 154 valence electrons. The summed E-state index contributed by atoms with van der Waals surface area (Å²) in [6.07, 6.45) is 0. The van der Waals surface area contributed by atoms with Crippen LogP contribution in [0.15, 0.2) is 23.3 Å². The monoisotopic (exact) mass is 432 g/mol. The minimum atomic E-state index is -2.45. The molecular formula is C18H4F8N2O2. The Hall–Kier alpha value is -3.70. The van der Waals surface area contributed by atoms with E-state index in [0.717, 1.165) is 0 Å². The molecule has 0 atom stereocenters. The van der Waals surface area contributed by atoms with Gasteiger partial charge in [0, 0.05) is 5.56 Å². The number of nitrogens with one attached hydrogen (secondary N) is 2. The van der Waals surface area contributed by atoms with Crippen LogP contribution in [0.5, 0.6) is 0 Å². The zero-order chi connectivity index (χ0) is 22.1. The van der Waals surface area contributed by atoms with Crippen molar-refractivity contribution in [3.63, 3.8) is 0 Å². The highest BCUT2D eigenvalue weighted by Gasteiger charge is 2.43. The summed E-state index contributed by atoms with van der Waals surface area (Å²) in [5.41, 5.74) is -5.16. The average Bonchev–Trinajstić information content (AvgIpc) is 3.21. The third kappa shape index (κ3) is 2.52. The predicted octanol–water partition coefficient (Wildman–Crippen LogP) is 3.18. The molecule has 2 aliphatic heterocycles. The summed E-state index contributed by atoms with van der Waals surface area (Å²) in [5.74, 6) is -19.3. The summed E-state index contributed by atoms with van der Waals surface area (Å²) in [5, 5.41) is 3.84. The summed E-state index contributed by atoms with van der Waals surface area (Å²) < 4.78 is 109. The fourth-order valence-electron chi connectivity index (χ4n) is 3.11. The molecule has 2 amide bonds. The molecule has 0 aromatic heterocycles. The molecule has 12 heteroatoms. The fourth-order valence-corrected chi connectivity index (χ4v) is 3.11. The lowest BCUT2D eigenvalue weighted by Crippen LogP contribution is -2.23. The van der Waals surface area contributed by atoms with Crippen LogP contribution in [0.2, 0.25) is 0 Å². The zero-order valence-electron chi connectivity index (χ0n) is 14.0. The minimum Gasteiger partial charge on any atom is -0.321 e. The number of carbonyl (C=O) groups is 2. The number of rotatable bonds is 2. The van der Waals surface area contributed by atoms with E-state index in [0.29, 0.717) is 12.1 Å². The second kappa shape index (κ2) is 6.40. The van der Waals surface area contributed by atoms with Gasteiger partial charge in [0.05, 0.1) is 28.1 Å². The van der Waals surface area contributed by atoms with Gasteiger partial charge in [-0.05, 0) is 12.1 Å². The van der Waals surface area contributed by atoms with E-state index in [2.05, 4.69) is 0 Å². The Balaban J connectivity index is 2.01. The number of benzene rings is 2. The van der Waals surface area contributed by atoms with Crippen molar-refractivity contribution in [2.45, 2.75) is 0 Å². The van der Waals surface area contributed by atoms with Crippen LogP contribution >= 0.6 is 0 Å². The van der Waals surface area contributed by atoms with Crippen molar-refractivity contribution in [1.82, 2.24) is 10.6 Å². The van der Waals surface area contributed by atoms with Crippen molar-refractivity contribution >= 4 is 23.2 Å². The van der Waals surface area contributed by atoms with Crippen molar-refractivity contribution in [3.8, 4) is 0 Å². The molecule has 0 fully saturated rings. The second-order valence-electron chi connectivity index (χ2n) is 6.11. The molecule has 4 rings (SSSR count). The smallest absolute Gasteiger partial charge is 0.258 e. The molecule has 4 nitrogen and oxygen atoms in total. The average molecular weight is 432 g/mol. The van der Waals surface area contributed by atoms with Gasteiger partial charge in [-0.2, -0.15) is 0 Å². The van der Waals surface area contributed by atoms with Crippen LogP contribution in [0.25, 0.3) is 11.4 Å². The molecule has 0 unspecified atom stereocenters. The topological polar surface area (TPSA) is 58.2 Å². The first-order valence-electron chi connectivity index (χ1n) is 7.82. The highest BCUT2D eigenvalue weighted by atomic mass is 19.2. The lowest BCUT2D eigenvalue weighted by molar-refractivity contribution is -0.117. The van der Waals surface area contributed by atoms with E-state index in [4.69, 9.17) is 0 Å². The van der Waals surface area contributed by atoms with E-state index >= 15 is 0 Å². The molecule has 0 radical (unpaired) electrons. The first kappa shape index (κ1) is 19.6. The molecular weight excluding hydrogens is 428 g/mol. The van der Waals surface area contributed by atoms with Gasteiger partial charge in [-0.15, -0.1) is 0 Å². The molecule has 0 bridgehead atoms. The quantitative estimate of drug-likeness (QED) is 0.435. The Bertz CT molecular complexity index is 1210. The van der Waals surface area contributed by atoms with Crippen molar-refractivity contribution < 1.29 is 44.7 Å². The lowest BCUT2D eigenvalue weighted by atomic mass is 10.0. The van der Waals surface area contributed by atoms with E-state index in [1.165, 1.54) is 0 Å². The van der Waals surface area contributed by atoms with Gasteiger partial charge < -0.3 is 10.6 Å². The molecule has 0 saturated heterocycles. The maximum atomic E-state index is 14.1. The molecule has 2 heterocycles. The van der Waals surface area contributed by atoms with E-state index in [-0.39, 0.29) is 0 Å². The van der Waals surface area contributed by atoms with E-state index < -0.39 is 92.0 Å². The van der Waals surface area contributed by atoms with Gasteiger partial charge in [0.25, 0.3) is 11.8 Å². The Morgan fingerprint density at radius 2 is 0.933 bits per heavy atom. The van der Waals surface area contributed by atoms with Crippen LogP contribution in [0.1, 0.15) is 11.1 Å². The Kier molecular flexibility index (Phi) is 4.19. The highest BCUT2D eigenvalue weighted by Crippen LogP contribution is 2.40. The number of carbonyl (C=O) groups excluding carboxylic acids is 2. The summed E-state index contributed by atoms with van der Waals surface area (Å²) in [6.45, 7) is 0. The minimum absolute atomic E-state index is 0.438. The number of hydrogen-bond acceptors (Lipinski definition) is 2. The highest BCUT2D eigenvalue weighted by molar-refractivity contribution is 6.30. The molecule has 2 N–H and O–H groups in total. The number of halogens is 8. The molecule has 2 aromatic rings. The van der Waals surface area contributed by atoms with Gasteiger partial charge in [0.2, 0.25) is 5.82 Å². The Morgan fingerprint density at radius 1 is 0.533 bits per heavy atom. The number of fused-ring (bicyclic) bond motifs is 1. The Labute approximate surface area is 160 Å². The maximum absolute atomic E-state index is 14.1. The van der Waals surface area contributed by atoms with Crippen LogP contribution in [0.4, 0.5) is 35.1 Å². The first-order chi connectivity index (χ1) is 14.0. The van der Waals surface area contributed by atoms with Crippen molar-refractivity contribution in [3.05, 3.63) is 80.9 Å². The third-order valence-electron chi connectivity index (χ3n) is 4.41. The summed E-state index contributed by atoms with van der Waals surface area (Å²) in [7, 11) is 0. The van der Waals surface area contributed by atoms with Crippen LogP contribution in [-0.4, -0.2) is 11.8 Å². The van der Waals surface area contributed by atoms with Gasteiger partial charge in [0.15, 0.2) is 40.7 Å². The lowest BCUT2D eigenvalue weighted by Gasteiger charge is -2.11. The van der Waals surface area contributed by atoms with Crippen LogP contribution in [-0.2, 0) is 9.59 Å². The first-order valence-corrected chi connectivity index (χ1v) is 7.82. The SMILES string of the molecule is O=C1NC(c2c(F)c(F)c(F)c(F)c2F)=C2C(=O)NC(c3cc(F)c(F)c(F)c3)=C12. The van der Waals surface area contributed by atoms with E-state index in [9.17, 15) is 44.7 Å². The maximum Gasteiger partial charge on any atom is 0.258 e. The van der Waals surface area contributed by atoms with Crippen molar-refractivity contribution in [2.75, 3.05) is 0 Å². The summed E-state index contributed by atoms with van der Waals surface area (Å²) >= 11 is 0. The standard InChI is InChI=1S/C18H4F8N2O2/c19-4-1-3(2-5(20)9(4)21)15-6-7(18(30)27-15)16(28-17(6)29)8-10(22)12(24)14(26)13(25)11(8)23/h1-2H,(H,27,30)(H,28,29). The van der Waals surface area contributed by atoms with Crippen molar-refractivity contribution in [2.24, 2.45) is 0 Å². The molecule has 2 aromatic carbocycles. The largest absolute Gasteiger partial charge is 0.321 e. The van der Waals surface area contributed by atoms with Gasteiger partial charge in [-0.25, -0.2) is 35.1 Å². The molecule has 0 saturated carbocycles. The van der Waals surface area contributed by atoms with Crippen LogP contribution in [0, 0.1) is 46.5 Å². The molecule has 0 aliphatic carbocycles. The molecule has 30 heavy (non-hydrogen) atoms. The molecule has 2 aliphatic rings. The normalized spacial score (nSPS) is 15.7. The molecule has 0 spiro atoms. The number of hydrogen-bond donors (Lipinski definition) is 2. The third-order valence-corrected chi connectivity index (χ3v) is 4.41. The summed E-state index contributed by atoms with van der Waals surface area (Å²) in [4.78, 5) is 24.6. The fraction of sp³-hybridized carbons (Fsp3) is 0. The Morgan fingerprint density at radius 3 is 1.43 bits per heavy atom. The van der Waals surface area contributed by atoms with Gasteiger partial charge in [-0.1, -0.05) is 0 Å². The second-order valence-corrected chi connectivity index (χ2v) is 6.11. The number of amides is 2. The predicted molar refractivity (Wildman–Crippen MR) is 82.7 cm³/mol. The van der Waals surface area contributed by atoms with Crippen molar-refractivity contribution in [1.29, 1.82) is 0 Å². The van der Waals surface area contributed by atoms with Gasteiger partial charge in [-0.3, -0.25) is 9.59 Å². The van der Waals surface area contributed by atoms with E-state index in [1.54, 1.807) is 0 Å². The summed E-state index contributed by atoms with van der Waals surface area (Å²) in [6, 6.07) is 0.876. The zero-order valence-corrected chi connectivity index (χ0v) is 14.0.